The predicted octanol–water partition coefficient (Wildman–Crippen LogP) is 1.22. The lowest BCUT2D eigenvalue weighted by molar-refractivity contribution is -0.143. The summed E-state index contributed by atoms with van der Waals surface area (Å²) in [5.41, 5.74) is 5.31. The first-order valence-corrected chi connectivity index (χ1v) is 8.13. The quantitative estimate of drug-likeness (QED) is 0.850. The van der Waals surface area contributed by atoms with Crippen LogP contribution >= 0.6 is 0 Å². The number of amides is 3. The van der Waals surface area contributed by atoms with Crippen LogP contribution in [-0.2, 0) is 4.79 Å². The fraction of sp³-hybridized carbons (Fsp3) is 0.588. The van der Waals surface area contributed by atoms with Gasteiger partial charge in [-0.3, -0.25) is 14.4 Å². The van der Waals surface area contributed by atoms with Crippen molar-refractivity contribution in [2.75, 3.05) is 13.1 Å². The average molecular weight is 334 g/mol. The Labute approximate surface area is 142 Å². The van der Waals surface area contributed by atoms with Crippen LogP contribution in [0, 0.1) is 5.41 Å². The lowest BCUT2D eigenvalue weighted by Gasteiger charge is -2.45. The zero-order chi connectivity index (χ0) is 18.2. The van der Waals surface area contributed by atoms with E-state index in [2.05, 4.69) is 4.98 Å². The van der Waals surface area contributed by atoms with Gasteiger partial charge in [0.15, 0.2) is 0 Å². The molecule has 0 aliphatic carbocycles. The summed E-state index contributed by atoms with van der Waals surface area (Å²) in [5, 5.41) is 0. The number of aromatic amines is 1. The van der Waals surface area contributed by atoms with E-state index in [1.54, 1.807) is 11.0 Å². The van der Waals surface area contributed by atoms with Crippen LogP contribution in [0.3, 0.4) is 0 Å². The Morgan fingerprint density at radius 1 is 1.08 bits per heavy atom. The largest absolute Gasteiger partial charge is 0.364 e. The molecule has 132 valence electrons. The third kappa shape index (κ3) is 3.44. The summed E-state index contributed by atoms with van der Waals surface area (Å²) in [6.07, 6.45) is 0. The third-order valence-electron chi connectivity index (χ3n) is 4.26. The molecule has 0 unspecified atom stereocenters. The van der Waals surface area contributed by atoms with E-state index in [1.807, 2.05) is 39.5 Å². The van der Waals surface area contributed by atoms with Gasteiger partial charge in [0.05, 0.1) is 0 Å². The van der Waals surface area contributed by atoms with Gasteiger partial charge in [0, 0.05) is 30.6 Å². The SMILES string of the molecule is C[C@H]1CN(C(=O)C(C)(C)C)C[C@H](C)N1C(=O)c1ccc(C(N)=O)[nH]1. The number of hydrogen-bond acceptors (Lipinski definition) is 3. The number of aromatic nitrogens is 1. The van der Waals surface area contributed by atoms with Crippen molar-refractivity contribution < 1.29 is 14.4 Å². The van der Waals surface area contributed by atoms with Gasteiger partial charge < -0.3 is 20.5 Å². The average Bonchev–Trinajstić information content (AvgIpc) is 2.94. The zero-order valence-electron chi connectivity index (χ0n) is 14.9. The highest BCUT2D eigenvalue weighted by Gasteiger charge is 2.38. The highest BCUT2D eigenvalue weighted by molar-refractivity contribution is 5.97. The molecule has 0 aromatic carbocycles. The van der Waals surface area contributed by atoms with Crippen molar-refractivity contribution in [3.8, 4) is 0 Å². The maximum absolute atomic E-state index is 12.8. The molecular formula is C17H26N4O3. The molecule has 24 heavy (non-hydrogen) atoms. The number of H-pyrrole nitrogens is 1. The van der Waals surface area contributed by atoms with E-state index in [0.717, 1.165) is 0 Å². The lowest BCUT2D eigenvalue weighted by atomic mass is 9.93. The van der Waals surface area contributed by atoms with Gasteiger partial charge in [-0.1, -0.05) is 20.8 Å². The van der Waals surface area contributed by atoms with Gasteiger partial charge in [0.25, 0.3) is 11.8 Å². The smallest absolute Gasteiger partial charge is 0.270 e. The molecule has 0 radical (unpaired) electrons. The first-order chi connectivity index (χ1) is 11.0. The number of rotatable bonds is 2. The Morgan fingerprint density at radius 3 is 2.00 bits per heavy atom. The lowest BCUT2D eigenvalue weighted by Crippen LogP contribution is -2.61. The normalized spacial score (nSPS) is 21.7. The molecule has 1 aromatic heterocycles. The second-order valence-electron chi connectivity index (χ2n) is 7.52. The van der Waals surface area contributed by atoms with E-state index in [-0.39, 0.29) is 29.6 Å². The Morgan fingerprint density at radius 2 is 1.58 bits per heavy atom. The fourth-order valence-electron chi connectivity index (χ4n) is 3.17. The molecule has 3 amide bonds. The van der Waals surface area contributed by atoms with Gasteiger partial charge in [-0.25, -0.2) is 0 Å². The minimum atomic E-state index is -0.601. The molecule has 2 atom stereocenters. The van der Waals surface area contributed by atoms with Crippen LogP contribution < -0.4 is 5.73 Å². The van der Waals surface area contributed by atoms with Crippen molar-refractivity contribution in [1.82, 2.24) is 14.8 Å². The van der Waals surface area contributed by atoms with Crippen LogP contribution in [0.25, 0.3) is 0 Å². The van der Waals surface area contributed by atoms with Gasteiger partial charge in [-0.05, 0) is 26.0 Å². The molecule has 0 saturated carbocycles. The number of carbonyl (C=O) groups is 3. The van der Waals surface area contributed by atoms with Crippen molar-refractivity contribution in [1.29, 1.82) is 0 Å². The van der Waals surface area contributed by atoms with Crippen LogP contribution in [0.2, 0.25) is 0 Å². The molecule has 1 aliphatic rings. The third-order valence-corrected chi connectivity index (χ3v) is 4.26. The van der Waals surface area contributed by atoms with Gasteiger partial charge in [-0.15, -0.1) is 0 Å². The predicted molar refractivity (Wildman–Crippen MR) is 90.4 cm³/mol. The van der Waals surface area contributed by atoms with E-state index in [9.17, 15) is 14.4 Å². The van der Waals surface area contributed by atoms with Gasteiger partial charge >= 0.3 is 0 Å². The zero-order valence-corrected chi connectivity index (χ0v) is 14.9. The van der Waals surface area contributed by atoms with Crippen LogP contribution in [0.4, 0.5) is 0 Å². The summed E-state index contributed by atoms with van der Waals surface area (Å²) >= 11 is 0. The number of piperazine rings is 1. The number of primary amides is 1. The Kier molecular flexibility index (Phi) is 4.73. The standard InChI is InChI=1S/C17H26N4O3/c1-10-8-20(16(24)17(3,4)5)9-11(2)21(10)15(23)13-7-6-12(19-13)14(18)22/h6-7,10-11,19H,8-9H2,1-5H3,(H2,18,22)/t10-,11-/m0/s1. The molecule has 2 rings (SSSR count). The van der Waals surface area contributed by atoms with Crippen molar-refractivity contribution >= 4 is 17.7 Å². The molecule has 7 heteroatoms. The molecule has 0 bridgehead atoms. The number of nitrogens with zero attached hydrogens (tertiary/aromatic N) is 2. The second kappa shape index (κ2) is 6.30. The van der Waals surface area contributed by atoms with E-state index in [4.69, 9.17) is 5.73 Å². The van der Waals surface area contributed by atoms with Crippen LogP contribution in [-0.4, -0.2) is 57.7 Å². The first kappa shape index (κ1) is 18.0. The maximum Gasteiger partial charge on any atom is 0.270 e. The van der Waals surface area contributed by atoms with Crippen molar-refractivity contribution in [3.05, 3.63) is 23.5 Å². The minimum Gasteiger partial charge on any atom is -0.364 e. The highest BCUT2D eigenvalue weighted by atomic mass is 16.2. The highest BCUT2D eigenvalue weighted by Crippen LogP contribution is 2.24. The van der Waals surface area contributed by atoms with Crippen LogP contribution in [0.1, 0.15) is 55.6 Å². The van der Waals surface area contributed by atoms with Crippen molar-refractivity contribution in [2.24, 2.45) is 11.1 Å². The summed E-state index contributed by atoms with van der Waals surface area (Å²) in [6.45, 7) is 10.5. The molecule has 1 aromatic rings. The van der Waals surface area contributed by atoms with Crippen molar-refractivity contribution in [2.45, 2.75) is 46.7 Å². The van der Waals surface area contributed by atoms with Gasteiger partial charge in [0.2, 0.25) is 5.91 Å². The summed E-state index contributed by atoms with van der Waals surface area (Å²) in [7, 11) is 0. The maximum atomic E-state index is 12.8. The monoisotopic (exact) mass is 334 g/mol. The molecule has 2 heterocycles. The minimum absolute atomic E-state index is 0.0872. The number of carbonyl (C=O) groups excluding carboxylic acids is 3. The Bertz CT molecular complexity index is 647. The van der Waals surface area contributed by atoms with Gasteiger partial charge in [0.1, 0.15) is 11.4 Å². The molecular weight excluding hydrogens is 308 g/mol. The van der Waals surface area contributed by atoms with E-state index < -0.39 is 11.3 Å². The van der Waals surface area contributed by atoms with Crippen LogP contribution in [0.5, 0.6) is 0 Å². The Hall–Kier alpha value is -2.31. The second-order valence-corrected chi connectivity index (χ2v) is 7.52. The number of hydrogen-bond donors (Lipinski definition) is 2. The fourth-order valence-corrected chi connectivity index (χ4v) is 3.17. The molecule has 7 nitrogen and oxygen atoms in total. The summed E-state index contributed by atoms with van der Waals surface area (Å²) in [6, 6.07) is 2.83. The first-order valence-electron chi connectivity index (χ1n) is 8.13. The summed E-state index contributed by atoms with van der Waals surface area (Å²) in [5.74, 6) is -0.703. The number of nitrogens with two attached hydrogens (primary N) is 1. The van der Waals surface area contributed by atoms with E-state index >= 15 is 0 Å². The van der Waals surface area contributed by atoms with E-state index in [1.165, 1.54) is 6.07 Å². The topological polar surface area (TPSA) is 99.5 Å². The summed E-state index contributed by atoms with van der Waals surface area (Å²) in [4.78, 5) is 42.8. The molecule has 1 fully saturated rings. The molecule has 0 spiro atoms. The number of nitrogens with one attached hydrogen (secondary N) is 1. The molecule has 3 N–H and O–H groups in total. The summed E-state index contributed by atoms with van der Waals surface area (Å²) < 4.78 is 0. The Balaban J connectivity index is 2.16. The van der Waals surface area contributed by atoms with Gasteiger partial charge in [-0.2, -0.15) is 0 Å². The van der Waals surface area contributed by atoms with Crippen molar-refractivity contribution in [3.63, 3.8) is 0 Å². The molecule has 1 saturated heterocycles. The molecule has 1 aliphatic heterocycles. The van der Waals surface area contributed by atoms with Crippen LogP contribution in [0.15, 0.2) is 12.1 Å². The van der Waals surface area contributed by atoms with E-state index in [0.29, 0.717) is 18.8 Å².